The number of hydrogen-bond donors (Lipinski definition) is 3. The molecule has 27 heavy (non-hydrogen) atoms. The Morgan fingerprint density at radius 1 is 1.04 bits per heavy atom. The van der Waals surface area contributed by atoms with E-state index in [1.807, 2.05) is 37.3 Å². The first-order valence-electron chi connectivity index (χ1n) is 8.71. The number of rotatable bonds is 5. The van der Waals surface area contributed by atoms with Crippen LogP contribution in [0.3, 0.4) is 0 Å². The molecule has 2 aromatic rings. The molecule has 146 valence electrons. The summed E-state index contributed by atoms with van der Waals surface area (Å²) in [5, 5.41) is 31.2. The van der Waals surface area contributed by atoms with Gasteiger partial charge in [-0.25, -0.2) is 0 Å². The summed E-state index contributed by atoms with van der Waals surface area (Å²) >= 11 is 7.67. The first-order chi connectivity index (χ1) is 13.0. The minimum absolute atomic E-state index is 0.565. The molecule has 0 spiro atoms. The predicted molar refractivity (Wildman–Crippen MR) is 107 cm³/mol. The molecular formula is C20H23ClO5S. The zero-order chi connectivity index (χ0) is 19.6. The van der Waals surface area contributed by atoms with Crippen LogP contribution in [-0.2, 0) is 4.74 Å². The van der Waals surface area contributed by atoms with E-state index >= 15 is 0 Å². The standard InChI is InChI=1S/C20H23ClO5S/c1-3-25-13-7-4-11(5-8-13)14-10-12(6-9-15(14)21)19-17(23)16(22)18(24)20(26-19)27-2/h4-10,16-20,22-24H,3H2,1-2H3/t16-,17-,18-,19-,20-/m1/s1. The summed E-state index contributed by atoms with van der Waals surface area (Å²) in [6.07, 6.45) is -2.66. The molecule has 0 unspecified atom stereocenters. The highest BCUT2D eigenvalue weighted by atomic mass is 35.5. The Morgan fingerprint density at radius 3 is 2.37 bits per heavy atom. The van der Waals surface area contributed by atoms with Gasteiger partial charge < -0.3 is 24.8 Å². The van der Waals surface area contributed by atoms with Crippen LogP contribution in [0.5, 0.6) is 5.75 Å². The van der Waals surface area contributed by atoms with Crippen molar-refractivity contribution in [1.29, 1.82) is 0 Å². The van der Waals surface area contributed by atoms with E-state index in [2.05, 4.69) is 0 Å². The zero-order valence-electron chi connectivity index (χ0n) is 15.1. The van der Waals surface area contributed by atoms with Gasteiger partial charge in [0.05, 0.1) is 6.61 Å². The van der Waals surface area contributed by atoms with Crippen LogP contribution in [0, 0.1) is 0 Å². The summed E-state index contributed by atoms with van der Waals surface area (Å²) in [7, 11) is 0. The van der Waals surface area contributed by atoms with Crippen LogP contribution in [0.2, 0.25) is 5.02 Å². The molecule has 3 N–H and O–H groups in total. The molecule has 1 heterocycles. The normalized spacial score (nSPS) is 28.1. The lowest BCUT2D eigenvalue weighted by atomic mass is 9.92. The SMILES string of the molecule is CCOc1ccc(-c2cc([C@H]3O[C@H](SC)[C@H](O)[C@H](O)[C@H]3O)ccc2Cl)cc1. The van der Waals surface area contributed by atoms with Crippen LogP contribution in [0.1, 0.15) is 18.6 Å². The van der Waals surface area contributed by atoms with Crippen LogP contribution in [0.4, 0.5) is 0 Å². The first kappa shape index (κ1) is 20.5. The van der Waals surface area contributed by atoms with Crippen molar-refractivity contribution in [2.45, 2.75) is 36.8 Å². The Morgan fingerprint density at radius 2 is 1.74 bits per heavy atom. The van der Waals surface area contributed by atoms with E-state index in [1.54, 1.807) is 18.4 Å². The topological polar surface area (TPSA) is 79.2 Å². The summed E-state index contributed by atoms with van der Waals surface area (Å²) in [5.74, 6) is 0.777. The minimum atomic E-state index is -1.29. The number of aliphatic hydroxyl groups excluding tert-OH is 3. The fourth-order valence-electron chi connectivity index (χ4n) is 3.16. The van der Waals surface area contributed by atoms with Gasteiger partial charge in [0.1, 0.15) is 35.6 Å². The van der Waals surface area contributed by atoms with E-state index in [9.17, 15) is 15.3 Å². The molecule has 1 saturated heterocycles. The summed E-state index contributed by atoms with van der Waals surface area (Å²) in [6, 6.07) is 12.9. The van der Waals surface area contributed by atoms with Crippen molar-refractivity contribution in [3.05, 3.63) is 53.1 Å². The Balaban J connectivity index is 1.92. The molecule has 3 rings (SSSR count). The van der Waals surface area contributed by atoms with Gasteiger partial charge in [0, 0.05) is 10.6 Å². The molecule has 0 amide bonds. The van der Waals surface area contributed by atoms with Crippen molar-refractivity contribution >= 4 is 23.4 Å². The van der Waals surface area contributed by atoms with Crippen LogP contribution < -0.4 is 4.74 Å². The molecule has 1 fully saturated rings. The Labute approximate surface area is 167 Å². The molecule has 0 aromatic heterocycles. The number of benzene rings is 2. The van der Waals surface area contributed by atoms with Crippen LogP contribution >= 0.6 is 23.4 Å². The molecule has 2 aromatic carbocycles. The van der Waals surface area contributed by atoms with E-state index < -0.39 is 29.9 Å². The van der Waals surface area contributed by atoms with E-state index in [4.69, 9.17) is 21.1 Å². The van der Waals surface area contributed by atoms with Gasteiger partial charge in [-0.3, -0.25) is 0 Å². The highest BCUT2D eigenvalue weighted by molar-refractivity contribution is 7.99. The van der Waals surface area contributed by atoms with E-state index in [0.29, 0.717) is 17.2 Å². The molecule has 0 bridgehead atoms. The lowest BCUT2D eigenvalue weighted by molar-refractivity contribution is -0.200. The van der Waals surface area contributed by atoms with E-state index in [0.717, 1.165) is 16.9 Å². The van der Waals surface area contributed by atoms with Gasteiger partial charge in [-0.15, -0.1) is 11.8 Å². The van der Waals surface area contributed by atoms with Crippen LogP contribution in [0.25, 0.3) is 11.1 Å². The molecule has 0 radical (unpaired) electrons. The highest BCUT2D eigenvalue weighted by Gasteiger charge is 2.44. The van der Waals surface area contributed by atoms with Gasteiger partial charge in [0.2, 0.25) is 0 Å². The smallest absolute Gasteiger partial charge is 0.132 e. The lowest BCUT2D eigenvalue weighted by Gasteiger charge is -2.40. The Kier molecular flexibility index (Phi) is 6.68. The van der Waals surface area contributed by atoms with Crippen molar-refractivity contribution in [3.8, 4) is 16.9 Å². The maximum atomic E-state index is 10.4. The maximum absolute atomic E-state index is 10.4. The third-order valence-corrected chi connectivity index (χ3v) is 5.78. The van der Waals surface area contributed by atoms with Crippen molar-refractivity contribution < 1.29 is 24.8 Å². The number of ether oxygens (including phenoxy) is 2. The van der Waals surface area contributed by atoms with Gasteiger partial charge in [0.25, 0.3) is 0 Å². The summed E-state index contributed by atoms with van der Waals surface area (Å²) < 4.78 is 11.3. The van der Waals surface area contributed by atoms with Crippen molar-refractivity contribution in [1.82, 2.24) is 0 Å². The molecule has 5 nitrogen and oxygen atoms in total. The number of thioether (sulfide) groups is 1. The fourth-order valence-corrected chi connectivity index (χ4v) is 4.05. The van der Waals surface area contributed by atoms with Gasteiger partial charge in [-0.1, -0.05) is 29.8 Å². The second-order valence-electron chi connectivity index (χ2n) is 6.33. The second-order valence-corrected chi connectivity index (χ2v) is 7.67. The summed E-state index contributed by atoms with van der Waals surface area (Å²) in [5.41, 5.74) is 1.74. The Bertz CT molecular complexity index is 767. The number of halogens is 1. The van der Waals surface area contributed by atoms with Crippen molar-refractivity contribution in [3.63, 3.8) is 0 Å². The van der Waals surface area contributed by atoms with Crippen LogP contribution in [-0.4, -0.2) is 51.9 Å². The maximum Gasteiger partial charge on any atom is 0.132 e. The van der Waals surface area contributed by atoms with Gasteiger partial charge >= 0.3 is 0 Å². The second kappa shape index (κ2) is 8.82. The number of aliphatic hydroxyl groups is 3. The number of hydrogen-bond acceptors (Lipinski definition) is 6. The molecule has 7 heteroatoms. The van der Waals surface area contributed by atoms with E-state index in [1.165, 1.54) is 11.8 Å². The van der Waals surface area contributed by atoms with E-state index in [-0.39, 0.29) is 0 Å². The predicted octanol–water partition coefficient (Wildman–Crippen LogP) is 3.25. The molecule has 5 atom stereocenters. The quantitative estimate of drug-likeness (QED) is 0.702. The Hall–Kier alpha value is -1.28. The fraction of sp³-hybridized carbons (Fsp3) is 0.400. The third kappa shape index (κ3) is 4.26. The first-order valence-corrected chi connectivity index (χ1v) is 10.4. The van der Waals surface area contributed by atoms with Gasteiger partial charge in [-0.05, 0) is 48.6 Å². The average molecular weight is 411 g/mol. The van der Waals surface area contributed by atoms with Gasteiger partial charge in [0.15, 0.2) is 0 Å². The molecule has 1 aliphatic heterocycles. The summed E-state index contributed by atoms with van der Waals surface area (Å²) in [4.78, 5) is 0. The minimum Gasteiger partial charge on any atom is -0.494 e. The highest BCUT2D eigenvalue weighted by Crippen LogP contribution is 2.38. The molecule has 0 saturated carbocycles. The third-order valence-electron chi connectivity index (χ3n) is 4.60. The molecule has 0 aliphatic carbocycles. The average Bonchev–Trinajstić information content (AvgIpc) is 2.68. The zero-order valence-corrected chi connectivity index (χ0v) is 16.7. The summed E-state index contributed by atoms with van der Waals surface area (Å²) in [6.45, 7) is 2.52. The largest absolute Gasteiger partial charge is 0.494 e. The van der Waals surface area contributed by atoms with Crippen LogP contribution in [0.15, 0.2) is 42.5 Å². The molecular weight excluding hydrogens is 388 g/mol. The lowest BCUT2D eigenvalue weighted by Crippen LogP contribution is -2.52. The molecule has 1 aliphatic rings. The monoisotopic (exact) mass is 410 g/mol. The van der Waals surface area contributed by atoms with Crippen molar-refractivity contribution in [2.24, 2.45) is 0 Å². The van der Waals surface area contributed by atoms with Crippen molar-refractivity contribution in [2.75, 3.05) is 12.9 Å². The van der Waals surface area contributed by atoms with Gasteiger partial charge in [-0.2, -0.15) is 0 Å².